The summed E-state index contributed by atoms with van der Waals surface area (Å²) < 4.78 is 2.05. The fourth-order valence-electron chi connectivity index (χ4n) is 2.65. The molecule has 6 heteroatoms. The average Bonchev–Trinajstić information content (AvgIpc) is 2.73. The summed E-state index contributed by atoms with van der Waals surface area (Å²) in [6.45, 7) is 10.2. The molecule has 120 valence electrons. The number of piperidine rings is 1. The molecule has 21 heavy (non-hydrogen) atoms. The molecule has 0 atom stereocenters. The van der Waals surface area contributed by atoms with Crippen molar-refractivity contribution >= 4 is 29.9 Å². The Hall–Kier alpha value is -0.790. The zero-order valence-corrected chi connectivity index (χ0v) is 15.7. The van der Waals surface area contributed by atoms with Gasteiger partial charge in [-0.15, -0.1) is 24.0 Å². The number of nitrogens with two attached hydrogens (primary N) is 1. The van der Waals surface area contributed by atoms with Gasteiger partial charge in [0.05, 0.1) is 5.69 Å². The summed E-state index contributed by atoms with van der Waals surface area (Å²) in [6.07, 6.45) is 3.43. The molecule has 2 rings (SSSR count). The maximum absolute atomic E-state index is 6.06. The molecule has 0 bridgehead atoms. The minimum atomic E-state index is 0. The number of likely N-dealkylation sites (tertiary alicyclic amines) is 1. The molecule has 2 N–H and O–H groups in total. The zero-order chi connectivity index (χ0) is 14.5. The number of nitrogens with zero attached hydrogens (tertiary/aromatic N) is 4. The third-order valence-corrected chi connectivity index (χ3v) is 4.01. The van der Waals surface area contributed by atoms with Crippen LogP contribution in [0, 0.1) is 19.8 Å². The summed E-state index contributed by atoms with van der Waals surface area (Å²) in [4.78, 5) is 6.72. The number of hydrogen-bond acceptors (Lipinski definition) is 2. The molecule has 0 radical (unpaired) electrons. The second kappa shape index (κ2) is 8.60. The van der Waals surface area contributed by atoms with Crippen LogP contribution in [0.3, 0.4) is 0 Å². The predicted octanol–water partition coefficient (Wildman–Crippen LogP) is 2.55. The topological polar surface area (TPSA) is 59.4 Å². The van der Waals surface area contributed by atoms with Crippen LogP contribution in [0.1, 0.15) is 37.6 Å². The van der Waals surface area contributed by atoms with Crippen molar-refractivity contribution in [3.63, 3.8) is 0 Å². The number of hydrogen-bond donors (Lipinski definition) is 1. The Kier molecular flexibility index (Phi) is 7.48. The molecular formula is C15H28IN5. The first kappa shape index (κ1) is 18.3. The molecule has 0 aromatic carbocycles. The molecule has 5 nitrogen and oxygen atoms in total. The fraction of sp³-hybridized carbons (Fsp3) is 0.733. The summed E-state index contributed by atoms with van der Waals surface area (Å²) >= 11 is 0. The fourth-order valence-corrected chi connectivity index (χ4v) is 2.65. The van der Waals surface area contributed by atoms with Gasteiger partial charge in [-0.1, -0.05) is 6.92 Å². The van der Waals surface area contributed by atoms with Gasteiger partial charge in [0.15, 0.2) is 5.96 Å². The van der Waals surface area contributed by atoms with Gasteiger partial charge < -0.3 is 10.6 Å². The van der Waals surface area contributed by atoms with Crippen LogP contribution in [0.2, 0.25) is 0 Å². The number of aromatic nitrogens is 2. The van der Waals surface area contributed by atoms with Crippen molar-refractivity contribution in [2.45, 2.75) is 46.6 Å². The lowest BCUT2D eigenvalue weighted by molar-refractivity contribution is 0.277. The van der Waals surface area contributed by atoms with Gasteiger partial charge in [0.2, 0.25) is 0 Å². The smallest absolute Gasteiger partial charge is 0.191 e. The molecule has 2 heterocycles. The third kappa shape index (κ3) is 5.48. The maximum Gasteiger partial charge on any atom is 0.191 e. The van der Waals surface area contributed by atoms with Gasteiger partial charge in [0, 0.05) is 31.9 Å². The summed E-state index contributed by atoms with van der Waals surface area (Å²) in [5, 5.41) is 4.45. The molecule has 1 aromatic rings. The SMILES string of the molecule is Cc1cc(C)n(CCCN=C(N)N2CCC(C)CC2)n1.I. The molecular weight excluding hydrogens is 377 g/mol. The van der Waals surface area contributed by atoms with E-state index in [9.17, 15) is 0 Å². The Morgan fingerprint density at radius 2 is 2.05 bits per heavy atom. The minimum absolute atomic E-state index is 0. The quantitative estimate of drug-likeness (QED) is 0.363. The van der Waals surface area contributed by atoms with Crippen LogP contribution in [0.25, 0.3) is 0 Å². The average molecular weight is 405 g/mol. The summed E-state index contributed by atoms with van der Waals surface area (Å²) in [5.41, 5.74) is 8.35. The molecule has 0 aliphatic carbocycles. The number of rotatable bonds is 4. The molecule has 1 aliphatic heterocycles. The van der Waals surface area contributed by atoms with Crippen molar-refractivity contribution in [2.24, 2.45) is 16.6 Å². The van der Waals surface area contributed by atoms with Crippen LogP contribution < -0.4 is 5.73 Å². The Balaban J connectivity index is 0.00000220. The maximum atomic E-state index is 6.06. The van der Waals surface area contributed by atoms with Crippen molar-refractivity contribution in [3.05, 3.63) is 17.5 Å². The van der Waals surface area contributed by atoms with Gasteiger partial charge in [-0.2, -0.15) is 5.10 Å². The van der Waals surface area contributed by atoms with E-state index < -0.39 is 0 Å². The van der Waals surface area contributed by atoms with E-state index in [1.54, 1.807) is 0 Å². The highest BCUT2D eigenvalue weighted by atomic mass is 127. The van der Waals surface area contributed by atoms with Crippen molar-refractivity contribution in [3.8, 4) is 0 Å². The number of guanidine groups is 1. The first-order valence-corrected chi connectivity index (χ1v) is 7.62. The highest BCUT2D eigenvalue weighted by Gasteiger charge is 2.16. The number of halogens is 1. The molecule has 0 saturated carbocycles. The molecule has 1 aromatic heterocycles. The van der Waals surface area contributed by atoms with E-state index in [2.05, 4.69) is 34.9 Å². The lowest BCUT2D eigenvalue weighted by Gasteiger charge is -2.31. The van der Waals surface area contributed by atoms with Crippen LogP contribution >= 0.6 is 24.0 Å². The van der Waals surface area contributed by atoms with E-state index in [0.29, 0.717) is 5.96 Å². The number of aliphatic imine (C=N–C) groups is 1. The molecule has 1 aliphatic rings. The first-order chi connectivity index (χ1) is 9.56. The first-order valence-electron chi connectivity index (χ1n) is 7.62. The van der Waals surface area contributed by atoms with Gasteiger partial charge in [-0.05, 0) is 45.1 Å². The van der Waals surface area contributed by atoms with E-state index in [4.69, 9.17) is 5.73 Å². The monoisotopic (exact) mass is 405 g/mol. The summed E-state index contributed by atoms with van der Waals surface area (Å²) in [6, 6.07) is 2.10. The van der Waals surface area contributed by atoms with E-state index in [1.807, 2.05) is 11.6 Å². The van der Waals surface area contributed by atoms with Crippen LogP contribution in [-0.2, 0) is 6.54 Å². The molecule has 1 saturated heterocycles. The van der Waals surface area contributed by atoms with E-state index in [-0.39, 0.29) is 24.0 Å². The van der Waals surface area contributed by atoms with Crippen molar-refractivity contribution in [1.29, 1.82) is 0 Å². The van der Waals surface area contributed by atoms with Gasteiger partial charge in [-0.3, -0.25) is 9.67 Å². The summed E-state index contributed by atoms with van der Waals surface area (Å²) in [7, 11) is 0. The lowest BCUT2D eigenvalue weighted by Crippen LogP contribution is -2.42. The largest absolute Gasteiger partial charge is 0.370 e. The number of aryl methyl sites for hydroxylation is 3. The third-order valence-electron chi connectivity index (χ3n) is 4.01. The highest BCUT2D eigenvalue weighted by molar-refractivity contribution is 14.0. The van der Waals surface area contributed by atoms with Crippen LogP contribution in [0.5, 0.6) is 0 Å². The standard InChI is InChI=1S/C15H27N5.HI/c1-12-5-9-19(10-6-12)15(16)17-7-4-8-20-14(3)11-13(2)18-20;/h11-12H,4-10H2,1-3H3,(H2,16,17);1H. The minimum Gasteiger partial charge on any atom is -0.370 e. The Morgan fingerprint density at radius 3 is 2.62 bits per heavy atom. The van der Waals surface area contributed by atoms with Crippen LogP contribution in [0.4, 0.5) is 0 Å². The highest BCUT2D eigenvalue weighted by Crippen LogP contribution is 2.15. The van der Waals surface area contributed by atoms with E-state index >= 15 is 0 Å². The van der Waals surface area contributed by atoms with E-state index in [1.165, 1.54) is 18.5 Å². The van der Waals surface area contributed by atoms with E-state index in [0.717, 1.165) is 44.2 Å². The van der Waals surface area contributed by atoms with Gasteiger partial charge in [0.25, 0.3) is 0 Å². The second-order valence-electron chi connectivity index (χ2n) is 5.91. The van der Waals surface area contributed by atoms with Crippen molar-refractivity contribution in [2.75, 3.05) is 19.6 Å². The molecule has 1 fully saturated rings. The Labute approximate surface area is 145 Å². The molecule has 0 spiro atoms. The summed E-state index contributed by atoms with van der Waals surface area (Å²) in [5.74, 6) is 1.54. The van der Waals surface area contributed by atoms with Crippen molar-refractivity contribution in [1.82, 2.24) is 14.7 Å². The second-order valence-corrected chi connectivity index (χ2v) is 5.91. The lowest BCUT2D eigenvalue weighted by atomic mass is 10.00. The van der Waals surface area contributed by atoms with Gasteiger partial charge in [0.1, 0.15) is 0 Å². The normalized spacial score (nSPS) is 16.9. The van der Waals surface area contributed by atoms with Crippen LogP contribution in [0.15, 0.2) is 11.1 Å². The molecule has 0 unspecified atom stereocenters. The predicted molar refractivity (Wildman–Crippen MR) is 98.2 cm³/mol. The van der Waals surface area contributed by atoms with Gasteiger partial charge >= 0.3 is 0 Å². The van der Waals surface area contributed by atoms with Crippen molar-refractivity contribution < 1.29 is 0 Å². The Morgan fingerprint density at radius 1 is 1.38 bits per heavy atom. The van der Waals surface area contributed by atoms with Gasteiger partial charge in [-0.25, -0.2) is 0 Å². The zero-order valence-electron chi connectivity index (χ0n) is 13.4. The Bertz CT molecular complexity index is 461. The molecule has 0 amide bonds. The van der Waals surface area contributed by atoms with Crippen LogP contribution in [-0.4, -0.2) is 40.3 Å².